The van der Waals surface area contributed by atoms with E-state index in [1.807, 2.05) is 0 Å². The van der Waals surface area contributed by atoms with E-state index in [4.69, 9.17) is 9.47 Å². The molecule has 0 spiro atoms. The molecular weight excluding hydrogens is 355 g/mol. The fraction of sp³-hybridized carbons (Fsp3) is 0.176. The van der Waals surface area contributed by atoms with Gasteiger partial charge in [-0.3, -0.25) is 4.79 Å². The van der Waals surface area contributed by atoms with Crippen LogP contribution in [0.5, 0.6) is 11.5 Å². The summed E-state index contributed by atoms with van der Waals surface area (Å²) in [6, 6.07) is 10.7. The maximum atomic E-state index is 12.1. The molecule has 6 nitrogen and oxygen atoms in total. The van der Waals surface area contributed by atoms with E-state index in [9.17, 15) is 22.8 Å². The quantitative estimate of drug-likeness (QED) is 0.790. The van der Waals surface area contributed by atoms with E-state index in [0.29, 0.717) is 5.75 Å². The SMILES string of the molecule is COc1ccc(C(=O)OCC(=O)Nc2ccc(OC(F)(F)F)cc2)cc1. The number of benzene rings is 2. The highest BCUT2D eigenvalue weighted by Gasteiger charge is 2.30. The number of amides is 1. The number of hydrogen-bond donors (Lipinski definition) is 1. The zero-order valence-corrected chi connectivity index (χ0v) is 13.5. The molecule has 0 fully saturated rings. The third kappa shape index (κ3) is 6.00. The number of nitrogens with one attached hydrogen (secondary N) is 1. The van der Waals surface area contributed by atoms with Gasteiger partial charge in [0.25, 0.3) is 5.91 Å². The second-order valence-electron chi connectivity index (χ2n) is 4.92. The molecule has 0 saturated heterocycles. The summed E-state index contributed by atoms with van der Waals surface area (Å²) in [7, 11) is 1.49. The molecule has 0 aliphatic rings. The molecule has 0 aliphatic heterocycles. The van der Waals surface area contributed by atoms with Crippen molar-refractivity contribution in [1.82, 2.24) is 0 Å². The lowest BCUT2D eigenvalue weighted by atomic mass is 10.2. The summed E-state index contributed by atoms with van der Waals surface area (Å²) >= 11 is 0. The molecule has 138 valence electrons. The molecule has 0 bridgehead atoms. The Balaban J connectivity index is 1.83. The van der Waals surface area contributed by atoms with Crippen LogP contribution < -0.4 is 14.8 Å². The third-order valence-electron chi connectivity index (χ3n) is 3.03. The zero-order valence-electron chi connectivity index (χ0n) is 13.5. The molecule has 9 heteroatoms. The van der Waals surface area contributed by atoms with E-state index < -0.39 is 30.6 Å². The predicted octanol–water partition coefficient (Wildman–Crippen LogP) is 3.39. The van der Waals surface area contributed by atoms with E-state index >= 15 is 0 Å². The molecule has 0 unspecified atom stereocenters. The number of carbonyl (C=O) groups excluding carboxylic acids is 2. The van der Waals surface area contributed by atoms with Crippen molar-refractivity contribution in [1.29, 1.82) is 0 Å². The average molecular weight is 369 g/mol. The second kappa shape index (κ2) is 8.24. The van der Waals surface area contributed by atoms with E-state index in [2.05, 4.69) is 10.1 Å². The van der Waals surface area contributed by atoms with Crippen molar-refractivity contribution in [2.24, 2.45) is 0 Å². The highest BCUT2D eigenvalue weighted by atomic mass is 19.4. The number of anilines is 1. The maximum Gasteiger partial charge on any atom is 0.573 e. The van der Waals surface area contributed by atoms with Crippen molar-refractivity contribution in [2.45, 2.75) is 6.36 Å². The molecule has 2 rings (SSSR count). The lowest BCUT2D eigenvalue weighted by molar-refractivity contribution is -0.274. The molecule has 0 aliphatic carbocycles. The van der Waals surface area contributed by atoms with Crippen LogP contribution in [0.4, 0.5) is 18.9 Å². The van der Waals surface area contributed by atoms with E-state index in [1.165, 1.54) is 31.4 Å². The maximum absolute atomic E-state index is 12.1. The number of alkyl halides is 3. The summed E-state index contributed by atoms with van der Waals surface area (Å²) in [6.07, 6.45) is -4.79. The minimum Gasteiger partial charge on any atom is -0.497 e. The fourth-order valence-electron chi connectivity index (χ4n) is 1.88. The summed E-state index contributed by atoms with van der Waals surface area (Å²) in [5.74, 6) is -1.19. The van der Waals surface area contributed by atoms with Crippen molar-refractivity contribution in [3.63, 3.8) is 0 Å². The Kier molecular flexibility index (Phi) is 6.05. The minimum atomic E-state index is -4.79. The van der Waals surface area contributed by atoms with Crippen LogP contribution in [0, 0.1) is 0 Å². The highest BCUT2D eigenvalue weighted by Crippen LogP contribution is 2.23. The van der Waals surface area contributed by atoms with Crippen molar-refractivity contribution in [3.8, 4) is 11.5 Å². The number of esters is 1. The molecule has 2 aromatic rings. The summed E-state index contributed by atoms with van der Waals surface area (Å²) in [4.78, 5) is 23.6. The largest absolute Gasteiger partial charge is 0.573 e. The van der Waals surface area contributed by atoms with Gasteiger partial charge >= 0.3 is 12.3 Å². The van der Waals surface area contributed by atoms with Crippen LogP contribution in [0.3, 0.4) is 0 Å². The van der Waals surface area contributed by atoms with Crippen molar-refractivity contribution >= 4 is 17.6 Å². The lowest BCUT2D eigenvalue weighted by Gasteiger charge is -2.10. The zero-order chi connectivity index (χ0) is 19.2. The first-order valence-electron chi connectivity index (χ1n) is 7.23. The van der Waals surface area contributed by atoms with Crippen LogP contribution in [0.15, 0.2) is 48.5 Å². The van der Waals surface area contributed by atoms with Crippen molar-refractivity contribution in [3.05, 3.63) is 54.1 Å². The van der Waals surface area contributed by atoms with Gasteiger partial charge in [0.1, 0.15) is 11.5 Å². The molecule has 0 radical (unpaired) electrons. The van der Waals surface area contributed by atoms with Crippen LogP contribution in [0.2, 0.25) is 0 Å². The van der Waals surface area contributed by atoms with Gasteiger partial charge in [-0.05, 0) is 48.5 Å². The average Bonchev–Trinajstić information content (AvgIpc) is 2.60. The first-order valence-corrected chi connectivity index (χ1v) is 7.23. The predicted molar refractivity (Wildman–Crippen MR) is 85.0 cm³/mol. The summed E-state index contributed by atoms with van der Waals surface area (Å²) in [5, 5.41) is 2.38. The second-order valence-corrected chi connectivity index (χ2v) is 4.92. The molecule has 0 heterocycles. The Labute approximate surface area is 146 Å². The first kappa shape index (κ1) is 19.1. The van der Waals surface area contributed by atoms with Crippen LogP contribution in [0.1, 0.15) is 10.4 Å². The smallest absolute Gasteiger partial charge is 0.497 e. The molecule has 1 amide bonds. The molecule has 1 N–H and O–H groups in total. The highest BCUT2D eigenvalue weighted by molar-refractivity contribution is 5.95. The lowest BCUT2D eigenvalue weighted by Crippen LogP contribution is -2.21. The van der Waals surface area contributed by atoms with Crippen LogP contribution in [-0.4, -0.2) is 32.0 Å². The van der Waals surface area contributed by atoms with Crippen molar-refractivity contribution < 1.29 is 37.0 Å². The van der Waals surface area contributed by atoms with Crippen LogP contribution >= 0.6 is 0 Å². The van der Waals surface area contributed by atoms with Gasteiger partial charge in [-0.15, -0.1) is 13.2 Å². The third-order valence-corrected chi connectivity index (χ3v) is 3.03. The topological polar surface area (TPSA) is 73.9 Å². The van der Waals surface area contributed by atoms with E-state index in [1.54, 1.807) is 12.1 Å². The molecule has 26 heavy (non-hydrogen) atoms. The Morgan fingerprint density at radius 1 is 0.962 bits per heavy atom. The molecule has 0 saturated carbocycles. The standard InChI is InChI=1S/C17H14F3NO5/c1-24-13-6-2-11(3-7-13)16(23)25-10-15(22)21-12-4-8-14(9-5-12)26-17(18,19)20/h2-9H,10H2,1H3,(H,21,22). The Hall–Kier alpha value is -3.23. The minimum absolute atomic E-state index is 0.227. The Morgan fingerprint density at radius 2 is 1.54 bits per heavy atom. The first-order chi connectivity index (χ1) is 12.3. The summed E-state index contributed by atoms with van der Waals surface area (Å²) in [5.41, 5.74) is 0.470. The summed E-state index contributed by atoms with van der Waals surface area (Å²) in [6.45, 7) is -0.550. The number of methoxy groups -OCH3 is 1. The van der Waals surface area contributed by atoms with Gasteiger partial charge < -0.3 is 19.5 Å². The number of carbonyl (C=O) groups is 2. The normalized spacial score (nSPS) is 10.8. The fourth-order valence-corrected chi connectivity index (χ4v) is 1.88. The molecule has 0 aromatic heterocycles. The molecule has 2 aromatic carbocycles. The van der Waals surface area contributed by atoms with Crippen LogP contribution in [0.25, 0.3) is 0 Å². The number of halogens is 3. The Bertz CT molecular complexity index is 757. The van der Waals surface area contributed by atoms with Crippen molar-refractivity contribution in [2.75, 3.05) is 19.0 Å². The van der Waals surface area contributed by atoms with Gasteiger partial charge in [0, 0.05) is 5.69 Å². The van der Waals surface area contributed by atoms with Gasteiger partial charge in [0.15, 0.2) is 6.61 Å². The van der Waals surface area contributed by atoms with Gasteiger partial charge in [0.05, 0.1) is 12.7 Å². The van der Waals surface area contributed by atoms with Gasteiger partial charge in [-0.2, -0.15) is 0 Å². The number of hydrogen-bond acceptors (Lipinski definition) is 5. The van der Waals surface area contributed by atoms with Gasteiger partial charge in [-0.1, -0.05) is 0 Å². The summed E-state index contributed by atoms with van der Waals surface area (Å²) < 4.78 is 49.7. The van der Waals surface area contributed by atoms with Gasteiger partial charge in [0.2, 0.25) is 0 Å². The molecular formula is C17H14F3NO5. The Morgan fingerprint density at radius 3 is 2.08 bits per heavy atom. The monoisotopic (exact) mass is 369 g/mol. The van der Waals surface area contributed by atoms with E-state index in [0.717, 1.165) is 12.1 Å². The van der Waals surface area contributed by atoms with Crippen LogP contribution in [-0.2, 0) is 9.53 Å². The molecule has 0 atom stereocenters. The number of ether oxygens (including phenoxy) is 3. The number of rotatable bonds is 6. The van der Waals surface area contributed by atoms with Gasteiger partial charge in [-0.25, -0.2) is 4.79 Å². The van der Waals surface area contributed by atoms with E-state index in [-0.39, 0.29) is 11.3 Å².